The molecule has 0 spiro atoms. The summed E-state index contributed by atoms with van der Waals surface area (Å²) in [6, 6.07) is 6.92. The third-order valence-electron chi connectivity index (χ3n) is 4.15. The largest absolute Gasteiger partial charge is 0.333 e. The van der Waals surface area contributed by atoms with E-state index in [1.54, 1.807) is 17.5 Å². The van der Waals surface area contributed by atoms with Crippen LogP contribution in [0.5, 0.6) is 0 Å². The second-order valence-corrected chi connectivity index (χ2v) is 6.69. The highest BCUT2D eigenvalue weighted by atomic mass is 35.5. The topological polar surface area (TPSA) is 45.2 Å². The van der Waals surface area contributed by atoms with Gasteiger partial charge in [0, 0.05) is 30.9 Å². The molecule has 1 aromatic heterocycles. The maximum atomic E-state index is 13.7. The van der Waals surface area contributed by atoms with Crippen molar-refractivity contribution in [2.75, 3.05) is 20.1 Å². The Labute approximate surface area is 163 Å². The van der Waals surface area contributed by atoms with E-state index in [1.165, 1.54) is 17.4 Å². The van der Waals surface area contributed by atoms with Gasteiger partial charge in [0.25, 0.3) is 5.91 Å². The smallest absolute Gasteiger partial charge is 0.273 e. The number of likely N-dealkylation sites (tertiary alicyclic amines) is 1. The quantitative estimate of drug-likeness (QED) is 0.826. The predicted molar refractivity (Wildman–Crippen MR) is 104 cm³/mol. The van der Waals surface area contributed by atoms with Crippen molar-refractivity contribution in [3.63, 3.8) is 0 Å². The summed E-state index contributed by atoms with van der Waals surface area (Å²) in [6.45, 7) is 1.59. The number of rotatable bonds is 5. The van der Waals surface area contributed by atoms with Crippen LogP contribution in [0.3, 0.4) is 0 Å². The number of carbonyl (C=O) groups excluding carboxylic acids is 1. The molecule has 1 unspecified atom stereocenters. The summed E-state index contributed by atoms with van der Waals surface area (Å²) in [5.74, 6) is -0.247. The zero-order chi connectivity index (χ0) is 16.2. The molecule has 0 aliphatic carbocycles. The van der Waals surface area contributed by atoms with E-state index in [1.807, 2.05) is 18.0 Å². The van der Waals surface area contributed by atoms with Gasteiger partial charge in [-0.3, -0.25) is 4.79 Å². The molecule has 1 amide bonds. The molecule has 0 saturated carbocycles. The molecule has 138 valence electrons. The highest BCUT2D eigenvalue weighted by molar-refractivity contribution is 7.09. The number of carbonyl (C=O) groups is 1. The van der Waals surface area contributed by atoms with Crippen molar-refractivity contribution in [2.45, 2.75) is 25.3 Å². The number of halogens is 3. The molecule has 1 N–H and O–H groups in total. The van der Waals surface area contributed by atoms with E-state index in [4.69, 9.17) is 0 Å². The van der Waals surface area contributed by atoms with Crippen LogP contribution in [0.4, 0.5) is 4.39 Å². The fourth-order valence-corrected chi connectivity index (χ4v) is 3.78. The average Bonchev–Trinajstić information content (AvgIpc) is 3.19. The molecule has 1 aliphatic heterocycles. The van der Waals surface area contributed by atoms with E-state index >= 15 is 0 Å². The standard InChI is InChI=1S/C17H20FN3OS.2ClH/c1-19-10-13-6-4-8-21(13)17(22)15-11-23-16(20-15)9-12-5-2-3-7-14(12)18;;/h2-3,5,7,11,13,19H,4,6,8-10H2,1H3;2*1H. The molecule has 1 fully saturated rings. The molecule has 0 bridgehead atoms. The van der Waals surface area contributed by atoms with Gasteiger partial charge in [0.1, 0.15) is 11.5 Å². The van der Waals surface area contributed by atoms with Gasteiger partial charge in [-0.25, -0.2) is 9.37 Å². The summed E-state index contributed by atoms with van der Waals surface area (Å²) in [6.07, 6.45) is 2.48. The van der Waals surface area contributed by atoms with Crippen LogP contribution in [-0.4, -0.2) is 42.0 Å². The fourth-order valence-electron chi connectivity index (χ4n) is 2.99. The van der Waals surface area contributed by atoms with Crippen molar-refractivity contribution in [1.82, 2.24) is 15.2 Å². The Balaban J connectivity index is 0.00000156. The van der Waals surface area contributed by atoms with Gasteiger partial charge in [-0.2, -0.15) is 0 Å². The number of hydrogen-bond donors (Lipinski definition) is 1. The van der Waals surface area contributed by atoms with Crippen LogP contribution < -0.4 is 5.32 Å². The van der Waals surface area contributed by atoms with Crippen molar-refractivity contribution in [3.8, 4) is 0 Å². The van der Waals surface area contributed by atoms with Gasteiger partial charge in [0.15, 0.2) is 0 Å². The van der Waals surface area contributed by atoms with Crippen molar-refractivity contribution in [1.29, 1.82) is 0 Å². The molecule has 1 aliphatic rings. The minimum absolute atomic E-state index is 0. The Bertz CT molecular complexity index is 698. The molecule has 3 rings (SSSR count). The molecule has 2 heterocycles. The number of likely N-dealkylation sites (N-methyl/N-ethyl adjacent to an activating group) is 1. The molecule has 2 aromatic rings. The minimum atomic E-state index is -0.232. The van der Waals surface area contributed by atoms with Crippen molar-refractivity contribution in [2.24, 2.45) is 0 Å². The third-order valence-corrected chi connectivity index (χ3v) is 5.00. The van der Waals surface area contributed by atoms with Gasteiger partial charge in [0.05, 0.1) is 5.01 Å². The maximum absolute atomic E-state index is 13.7. The van der Waals surface area contributed by atoms with Gasteiger partial charge >= 0.3 is 0 Å². The van der Waals surface area contributed by atoms with Gasteiger partial charge in [-0.1, -0.05) is 18.2 Å². The molecule has 0 radical (unpaired) electrons. The summed E-state index contributed by atoms with van der Waals surface area (Å²) < 4.78 is 13.7. The van der Waals surface area contributed by atoms with Crippen molar-refractivity contribution < 1.29 is 9.18 Å². The van der Waals surface area contributed by atoms with Gasteiger partial charge in [-0.15, -0.1) is 36.2 Å². The zero-order valence-corrected chi connectivity index (χ0v) is 16.4. The molecule has 4 nitrogen and oxygen atoms in total. The Morgan fingerprint density at radius 1 is 1.40 bits per heavy atom. The second-order valence-electron chi connectivity index (χ2n) is 5.75. The summed E-state index contributed by atoms with van der Waals surface area (Å²) in [4.78, 5) is 19.0. The van der Waals surface area contributed by atoms with Crippen molar-refractivity contribution in [3.05, 3.63) is 51.7 Å². The van der Waals surface area contributed by atoms with Gasteiger partial charge < -0.3 is 10.2 Å². The maximum Gasteiger partial charge on any atom is 0.273 e. The fraction of sp³-hybridized carbons (Fsp3) is 0.412. The van der Waals surface area contributed by atoms with Crippen LogP contribution in [0.1, 0.15) is 33.9 Å². The Kier molecular flexibility index (Phi) is 8.79. The number of hydrogen-bond acceptors (Lipinski definition) is 4. The first-order chi connectivity index (χ1) is 11.2. The van der Waals surface area contributed by atoms with Crippen LogP contribution in [0.15, 0.2) is 29.6 Å². The average molecular weight is 406 g/mol. The first kappa shape index (κ1) is 21.8. The number of thiazole rings is 1. The lowest BCUT2D eigenvalue weighted by Crippen LogP contribution is -2.40. The third kappa shape index (κ3) is 5.14. The van der Waals surface area contributed by atoms with Crippen LogP contribution in [0.2, 0.25) is 0 Å². The summed E-state index contributed by atoms with van der Waals surface area (Å²) >= 11 is 1.41. The Morgan fingerprint density at radius 3 is 2.88 bits per heavy atom. The van der Waals surface area contributed by atoms with Crippen LogP contribution in [-0.2, 0) is 6.42 Å². The molecular formula is C17H22Cl2FN3OS. The molecule has 1 atom stereocenters. The van der Waals surface area contributed by atoms with E-state index in [-0.39, 0.29) is 42.6 Å². The molecular weight excluding hydrogens is 384 g/mol. The Morgan fingerprint density at radius 2 is 2.16 bits per heavy atom. The van der Waals surface area contributed by atoms with Crippen LogP contribution >= 0.6 is 36.2 Å². The van der Waals surface area contributed by atoms with E-state index in [2.05, 4.69) is 10.3 Å². The lowest BCUT2D eigenvalue weighted by molar-refractivity contribution is 0.0731. The van der Waals surface area contributed by atoms with Gasteiger partial charge in [-0.05, 0) is 31.5 Å². The van der Waals surface area contributed by atoms with E-state index < -0.39 is 0 Å². The molecule has 25 heavy (non-hydrogen) atoms. The van der Waals surface area contributed by atoms with E-state index in [9.17, 15) is 9.18 Å². The van der Waals surface area contributed by atoms with E-state index in [0.717, 1.165) is 30.9 Å². The number of aromatic nitrogens is 1. The van der Waals surface area contributed by atoms with Gasteiger partial charge in [0.2, 0.25) is 0 Å². The summed E-state index contributed by atoms with van der Waals surface area (Å²) in [5.41, 5.74) is 1.08. The second kappa shape index (κ2) is 10.1. The summed E-state index contributed by atoms with van der Waals surface area (Å²) in [5, 5.41) is 5.69. The molecule has 1 saturated heterocycles. The highest BCUT2D eigenvalue weighted by Gasteiger charge is 2.30. The highest BCUT2D eigenvalue weighted by Crippen LogP contribution is 2.22. The lowest BCUT2D eigenvalue weighted by Gasteiger charge is -2.23. The Hall–Kier alpha value is -1.21. The lowest BCUT2D eigenvalue weighted by atomic mass is 10.1. The first-order valence-corrected chi connectivity index (χ1v) is 8.70. The molecule has 1 aromatic carbocycles. The number of amides is 1. The van der Waals surface area contributed by atoms with Crippen LogP contribution in [0, 0.1) is 5.82 Å². The molecule has 8 heteroatoms. The predicted octanol–water partition coefficient (Wildman–Crippen LogP) is 3.54. The SMILES string of the molecule is CNCC1CCCN1C(=O)c1csc(Cc2ccccc2F)n1.Cl.Cl. The van der Waals surface area contributed by atoms with Crippen molar-refractivity contribution >= 4 is 42.1 Å². The minimum Gasteiger partial charge on any atom is -0.333 e. The normalized spacial score (nSPS) is 16.2. The first-order valence-electron chi connectivity index (χ1n) is 7.82. The monoisotopic (exact) mass is 405 g/mol. The zero-order valence-electron chi connectivity index (χ0n) is 13.9. The number of nitrogens with one attached hydrogen (secondary N) is 1. The number of benzene rings is 1. The van der Waals surface area contributed by atoms with Crippen LogP contribution in [0.25, 0.3) is 0 Å². The van der Waals surface area contributed by atoms with E-state index in [0.29, 0.717) is 17.7 Å². The number of nitrogens with zero attached hydrogens (tertiary/aromatic N) is 2. The summed E-state index contributed by atoms with van der Waals surface area (Å²) in [7, 11) is 1.90.